The average Bonchev–Trinajstić information content (AvgIpc) is 3.00. The summed E-state index contributed by atoms with van der Waals surface area (Å²) in [7, 11) is 0. The van der Waals surface area contributed by atoms with Crippen LogP contribution in [0.5, 0.6) is 0 Å². The third kappa shape index (κ3) is 3.69. The molecule has 1 aromatic carbocycles. The molecule has 0 fully saturated rings. The summed E-state index contributed by atoms with van der Waals surface area (Å²) in [5.41, 5.74) is 7.45. The number of nitrogens with zero attached hydrogens (tertiary/aromatic N) is 1. The Labute approximate surface area is 126 Å². The SMILES string of the molecule is CCN(Cc1cccs1)C(CN)C(C)c1ccccc1. The molecule has 0 saturated heterocycles. The Hall–Kier alpha value is -1.16. The highest BCUT2D eigenvalue weighted by Gasteiger charge is 2.23. The molecule has 0 radical (unpaired) electrons. The van der Waals surface area contributed by atoms with Gasteiger partial charge in [-0.1, -0.05) is 50.2 Å². The molecule has 0 saturated carbocycles. The molecule has 0 amide bonds. The van der Waals surface area contributed by atoms with Crippen LogP contribution in [0.2, 0.25) is 0 Å². The van der Waals surface area contributed by atoms with Gasteiger partial charge in [-0.15, -0.1) is 11.3 Å². The molecule has 2 atom stereocenters. The highest BCUT2D eigenvalue weighted by molar-refractivity contribution is 7.09. The molecule has 1 heterocycles. The minimum absolute atomic E-state index is 0.379. The summed E-state index contributed by atoms with van der Waals surface area (Å²) in [6.45, 7) is 7.21. The Kier molecular flexibility index (Phi) is 5.77. The van der Waals surface area contributed by atoms with Gasteiger partial charge in [-0.05, 0) is 29.5 Å². The number of likely N-dealkylation sites (N-methyl/N-ethyl adjacent to an activating group) is 1. The predicted octanol–water partition coefficient (Wildman–Crippen LogP) is 3.70. The number of hydrogen-bond acceptors (Lipinski definition) is 3. The zero-order valence-corrected chi connectivity index (χ0v) is 13.1. The lowest BCUT2D eigenvalue weighted by atomic mass is 9.92. The van der Waals surface area contributed by atoms with Gasteiger partial charge >= 0.3 is 0 Å². The molecule has 2 unspecified atom stereocenters. The molecule has 0 bridgehead atoms. The summed E-state index contributed by atoms with van der Waals surface area (Å²) in [6, 6.07) is 15.4. The van der Waals surface area contributed by atoms with E-state index in [0.717, 1.165) is 13.1 Å². The van der Waals surface area contributed by atoms with Gasteiger partial charge < -0.3 is 5.73 Å². The third-order valence-corrected chi connectivity index (χ3v) is 4.82. The van der Waals surface area contributed by atoms with E-state index in [1.54, 1.807) is 0 Å². The van der Waals surface area contributed by atoms with Crippen LogP contribution in [0.4, 0.5) is 0 Å². The van der Waals surface area contributed by atoms with Crippen molar-refractivity contribution in [3.05, 3.63) is 58.3 Å². The molecule has 20 heavy (non-hydrogen) atoms. The van der Waals surface area contributed by atoms with Gasteiger partial charge in [0, 0.05) is 24.0 Å². The third-order valence-electron chi connectivity index (χ3n) is 3.96. The lowest BCUT2D eigenvalue weighted by molar-refractivity contribution is 0.181. The first-order chi connectivity index (χ1) is 9.76. The lowest BCUT2D eigenvalue weighted by Gasteiger charge is -2.34. The van der Waals surface area contributed by atoms with E-state index in [9.17, 15) is 0 Å². The first kappa shape index (κ1) is 15.2. The standard InChI is InChI=1S/C17H24N2S/c1-3-19(13-16-10-7-11-20-16)17(12-18)14(2)15-8-5-4-6-9-15/h4-11,14,17H,3,12-13,18H2,1-2H3. The Morgan fingerprint density at radius 3 is 2.45 bits per heavy atom. The Bertz CT molecular complexity index is 481. The van der Waals surface area contributed by atoms with Gasteiger partial charge in [0.2, 0.25) is 0 Å². The van der Waals surface area contributed by atoms with Crippen molar-refractivity contribution in [2.75, 3.05) is 13.1 Å². The number of rotatable bonds is 7. The van der Waals surface area contributed by atoms with Crippen LogP contribution in [0, 0.1) is 0 Å². The fourth-order valence-electron chi connectivity index (χ4n) is 2.71. The molecule has 1 aromatic heterocycles. The van der Waals surface area contributed by atoms with E-state index < -0.39 is 0 Å². The summed E-state index contributed by atoms with van der Waals surface area (Å²) in [5, 5.41) is 2.14. The van der Waals surface area contributed by atoms with Crippen molar-refractivity contribution in [3.8, 4) is 0 Å². The van der Waals surface area contributed by atoms with Crippen LogP contribution in [0.3, 0.4) is 0 Å². The van der Waals surface area contributed by atoms with Crippen molar-refractivity contribution in [2.24, 2.45) is 5.73 Å². The maximum Gasteiger partial charge on any atom is 0.0331 e. The second-order valence-corrected chi connectivity index (χ2v) is 6.18. The molecule has 2 N–H and O–H groups in total. The van der Waals surface area contributed by atoms with E-state index in [4.69, 9.17) is 5.73 Å². The number of benzene rings is 1. The number of thiophene rings is 1. The van der Waals surface area contributed by atoms with E-state index in [1.165, 1.54) is 10.4 Å². The summed E-state index contributed by atoms with van der Waals surface area (Å²) in [5.74, 6) is 0.445. The van der Waals surface area contributed by atoms with Crippen LogP contribution in [0.15, 0.2) is 47.8 Å². The number of hydrogen-bond donors (Lipinski definition) is 1. The van der Waals surface area contributed by atoms with E-state index in [1.807, 2.05) is 11.3 Å². The second-order valence-electron chi connectivity index (χ2n) is 5.14. The topological polar surface area (TPSA) is 29.3 Å². The largest absolute Gasteiger partial charge is 0.329 e. The molecule has 108 valence electrons. The molecule has 0 aliphatic heterocycles. The van der Waals surface area contributed by atoms with Gasteiger partial charge in [-0.2, -0.15) is 0 Å². The molecular weight excluding hydrogens is 264 g/mol. The molecule has 0 aliphatic rings. The Balaban J connectivity index is 2.12. The van der Waals surface area contributed by atoms with Gasteiger partial charge in [0.1, 0.15) is 0 Å². The van der Waals surface area contributed by atoms with E-state index >= 15 is 0 Å². The lowest BCUT2D eigenvalue weighted by Crippen LogP contribution is -2.43. The van der Waals surface area contributed by atoms with Crippen molar-refractivity contribution in [3.63, 3.8) is 0 Å². The quantitative estimate of drug-likeness (QED) is 0.841. The maximum atomic E-state index is 6.08. The fourth-order valence-corrected chi connectivity index (χ4v) is 3.44. The van der Waals surface area contributed by atoms with Crippen LogP contribution in [-0.4, -0.2) is 24.0 Å². The van der Waals surface area contributed by atoms with Crippen LogP contribution < -0.4 is 5.73 Å². The van der Waals surface area contributed by atoms with Crippen molar-refractivity contribution in [2.45, 2.75) is 32.4 Å². The normalized spacial score (nSPS) is 14.4. The molecular formula is C17H24N2S. The van der Waals surface area contributed by atoms with E-state index in [-0.39, 0.29) is 0 Å². The zero-order chi connectivity index (χ0) is 14.4. The molecule has 2 rings (SSSR count). The predicted molar refractivity (Wildman–Crippen MR) is 88.1 cm³/mol. The van der Waals surface area contributed by atoms with Crippen LogP contribution in [0.25, 0.3) is 0 Å². The van der Waals surface area contributed by atoms with Gasteiger partial charge in [0.15, 0.2) is 0 Å². The summed E-state index contributed by atoms with van der Waals surface area (Å²) in [6.07, 6.45) is 0. The summed E-state index contributed by atoms with van der Waals surface area (Å²) < 4.78 is 0. The van der Waals surface area contributed by atoms with Gasteiger partial charge in [0.25, 0.3) is 0 Å². The molecule has 2 aromatic rings. The van der Waals surface area contributed by atoms with E-state index in [2.05, 4.69) is 66.6 Å². The van der Waals surface area contributed by atoms with Gasteiger partial charge in [-0.3, -0.25) is 4.90 Å². The van der Waals surface area contributed by atoms with Gasteiger partial charge in [0.05, 0.1) is 0 Å². The van der Waals surface area contributed by atoms with Crippen molar-refractivity contribution >= 4 is 11.3 Å². The van der Waals surface area contributed by atoms with Crippen molar-refractivity contribution in [1.29, 1.82) is 0 Å². The van der Waals surface area contributed by atoms with Crippen LogP contribution in [-0.2, 0) is 6.54 Å². The van der Waals surface area contributed by atoms with Crippen LogP contribution in [0.1, 0.15) is 30.2 Å². The fraction of sp³-hybridized carbons (Fsp3) is 0.412. The first-order valence-corrected chi connectivity index (χ1v) is 8.15. The zero-order valence-electron chi connectivity index (χ0n) is 12.3. The van der Waals surface area contributed by atoms with E-state index in [0.29, 0.717) is 18.5 Å². The Morgan fingerprint density at radius 1 is 1.15 bits per heavy atom. The van der Waals surface area contributed by atoms with Crippen molar-refractivity contribution in [1.82, 2.24) is 4.90 Å². The average molecular weight is 288 g/mol. The molecule has 2 nitrogen and oxygen atoms in total. The minimum Gasteiger partial charge on any atom is -0.329 e. The molecule has 3 heteroatoms. The Morgan fingerprint density at radius 2 is 1.90 bits per heavy atom. The van der Waals surface area contributed by atoms with Crippen LogP contribution >= 0.6 is 11.3 Å². The molecule has 0 aliphatic carbocycles. The maximum absolute atomic E-state index is 6.08. The van der Waals surface area contributed by atoms with Gasteiger partial charge in [-0.25, -0.2) is 0 Å². The number of nitrogens with two attached hydrogens (primary N) is 1. The monoisotopic (exact) mass is 288 g/mol. The second kappa shape index (κ2) is 7.58. The molecule has 0 spiro atoms. The first-order valence-electron chi connectivity index (χ1n) is 7.27. The minimum atomic E-state index is 0.379. The highest BCUT2D eigenvalue weighted by Crippen LogP contribution is 2.24. The smallest absolute Gasteiger partial charge is 0.0331 e. The summed E-state index contributed by atoms with van der Waals surface area (Å²) >= 11 is 1.82. The van der Waals surface area contributed by atoms with Crippen molar-refractivity contribution < 1.29 is 0 Å². The summed E-state index contributed by atoms with van der Waals surface area (Å²) in [4.78, 5) is 3.90. The highest BCUT2D eigenvalue weighted by atomic mass is 32.1.